The minimum Gasteiger partial charge on any atom is -0.497 e. The molecule has 1 unspecified atom stereocenters. The van der Waals surface area contributed by atoms with E-state index in [-0.39, 0.29) is 24.7 Å². The van der Waals surface area contributed by atoms with Gasteiger partial charge in [0, 0.05) is 45.8 Å². The molecule has 8 nitrogen and oxygen atoms in total. The summed E-state index contributed by atoms with van der Waals surface area (Å²) in [5.74, 6) is -0.528. The lowest BCUT2D eigenvalue weighted by atomic mass is 9.82. The van der Waals surface area contributed by atoms with Gasteiger partial charge in [0.2, 0.25) is 0 Å². The lowest BCUT2D eigenvalue weighted by molar-refractivity contribution is -0.262. The molecule has 2 amide bonds. The van der Waals surface area contributed by atoms with E-state index in [0.29, 0.717) is 30.4 Å². The molecule has 41 heavy (non-hydrogen) atoms. The molecule has 0 bridgehead atoms. The molecular weight excluding hydrogens is 537 g/mol. The van der Waals surface area contributed by atoms with Crippen LogP contribution in [0.5, 0.6) is 5.75 Å². The summed E-state index contributed by atoms with van der Waals surface area (Å²) < 4.78 is 47.4. The number of likely N-dealkylation sites (tertiary alicyclic amines) is 1. The van der Waals surface area contributed by atoms with Crippen LogP contribution in [-0.2, 0) is 10.4 Å². The average Bonchev–Trinajstić information content (AvgIpc) is 2.96. The fourth-order valence-corrected chi connectivity index (χ4v) is 5.92. The third-order valence-corrected chi connectivity index (χ3v) is 8.43. The highest BCUT2D eigenvalue weighted by Gasteiger charge is 2.62. The van der Waals surface area contributed by atoms with Gasteiger partial charge in [-0.2, -0.15) is 13.2 Å². The standard InChI is InChI=1S/C30H39F3N4O4/c1-20-16-24(19-34-26(20)27(38)35(2)3)36-12-8-21(9-13-36)17-22-10-14-37(15-11-22)28(39)29(40,30(31,32)33)23-6-5-7-25(18-23)41-4/h5-7,16,18-19,21-22,40H,8-15,17H2,1-4H3. The van der Waals surface area contributed by atoms with Crippen molar-refractivity contribution in [2.45, 2.75) is 50.8 Å². The molecule has 2 aromatic rings. The molecule has 1 aromatic carbocycles. The summed E-state index contributed by atoms with van der Waals surface area (Å²) in [4.78, 5) is 34.8. The first-order chi connectivity index (χ1) is 19.3. The molecule has 0 radical (unpaired) electrons. The first-order valence-corrected chi connectivity index (χ1v) is 14.0. The van der Waals surface area contributed by atoms with E-state index in [2.05, 4.69) is 9.88 Å². The van der Waals surface area contributed by atoms with E-state index in [4.69, 9.17) is 4.74 Å². The molecular formula is C30H39F3N4O4. The van der Waals surface area contributed by atoms with Crippen molar-refractivity contribution in [2.75, 3.05) is 52.3 Å². The number of nitrogens with zero attached hydrogens (tertiary/aromatic N) is 4. The second-order valence-electron chi connectivity index (χ2n) is 11.4. The van der Waals surface area contributed by atoms with Crippen LogP contribution in [0.15, 0.2) is 36.5 Å². The number of alkyl halides is 3. The molecule has 2 aliphatic heterocycles. The fraction of sp³-hybridized carbons (Fsp3) is 0.567. The smallest absolute Gasteiger partial charge is 0.430 e. The molecule has 2 saturated heterocycles. The quantitative estimate of drug-likeness (QED) is 0.526. The Morgan fingerprint density at radius 3 is 2.20 bits per heavy atom. The summed E-state index contributed by atoms with van der Waals surface area (Å²) in [5, 5.41) is 10.8. The third kappa shape index (κ3) is 6.45. The number of aliphatic hydroxyl groups is 1. The van der Waals surface area contributed by atoms with Crippen LogP contribution >= 0.6 is 0 Å². The van der Waals surface area contributed by atoms with Crippen molar-refractivity contribution in [1.82, 2.24) is 14.8 Å². The van der Waals surface area contributed by atoms with E-state index < -0.39 is 23.2 Å². The van der Waals surface area contributed by atoms with Crippen LogP contribution in [-0.4, -0.2) is 85.3 Å². The number of ether oxygens (including phenoxy) is 1. The molecule has 0 spiro atoms. The summed E-state index contributed by atoms with van der Waals surface area (Å²) in [5.41, 5.74) is -1.89. The number of hydrogen-bond donors (Lipinski definition) is 1. The van der Waals surface area contributed by atoms with Gasteiger partial charge in [0.1, 0.15) is 11.4 Å². The van der Waals surface area contributed by atoms with Crippen molar-refractivity contribution >= 4 is 17.5 Å². The third-order valence-electron chi connectivity index (χ3n) is 8.43. The normalized spacial score (nSPS) is 18.6. The Bertz CT molecular complexity index is 1240. The number of aryl methyl sites for hydroxylation is 1. The molecule has 11 heteroatoms. The molecule has 1 N–H and O–H groups in total. The Morgan fingerprint density at radius 2 is 1.66 bits per heavy atom. The van der Waals surface area contributed by atoms with Crippen molar-refractivity contribution < 1.29 is 32.6 Å². The number of aromatic nitrogens is 1. The lowest BCUT2D eigenvalue weighted by Crippen LogP contribution is -2.57. The molecule has 2 aliphatic rings. The van der Waals surface area contributed by atoms with Gasteiger partial charge < -0.3 is 24.5 Å². The number of carbonyl (C=O) groups is 2. The van der Waals surface area contributed by atoms with Crippen LogP contribution in [0.25, 0.3) is 0 Å². The van der Waals surface area contributed by atoms with E-state index in [9.17, 15) is 27.9 Å². The number of rotatable bonds is 7. The SMILES string of the molecule is COc1cccc(C(O)(C(=O)N2CCC(CC3CCN(c4cnc(C(=O)N(C)C)c(C)c4)CC3)CC2)C(F)(F)F)c1. The summed E-state index contributed by atoms with van der Waals surface area (Å²) in [7, 11) is 4.72. The maximum atomic E-state index is 14.1. The molecule has 1 atom stereocenters. The summed E-state index contributed by atoms with van der Waals surface area (Å²) in [6, 6.07) is 6.95. The maximum absolute atomic E-state index is 14.1. The molecule has 4 rings (SSSR count). The number of anilines is 1. The monoisotopic (exact) mass is 576 g/mol. The molecule has 3 heterocycles. The van der Waals surface area contributed by atoms with Crippen LogP contribution in [0.4, 0.5) is 18.9 Å². The van der Waals surface area contributed by atoms with Crippen LogP contribution in [0.2, 0.25) is 0 Å². The fourth-order valence-electron chi connectivity index (χ4n) is 5.92. The van der Waals surface area contributed by atoms with E-state index in [0.717, 1.165) is 60.6 Å². The lowest BCUT2D eigenvalue weighted by Gasteiger charge is -2.40. The molecule has 2 fully saturated rings. The number of carbonyl (C=O) groups excluding carboxylic acids is 2. The molecule has 1 aromatic heterocycles. The van der Waals surface area contributed by atoms with Crippen molar-refractivity contribution in [3.05, 3.63) is 53.3 Å². The maximum Gasteiger partial charge on any atom is 0.430 e. The number of amides is 2. The number of pyridine rings is 1. The van der Waals surface area contributed by atoms with Crippen molar-refractivity contribution in [3.8, 4) is 5.75 Å². The largest absolute Gasteiger partial charge is 0.497 e. The van der Waals surface area contributed by atoms with E-state index in [1.165, 1.54) is 24.1 Å². The van der Waals surface area contributed by atoms with Gasteiger partial charge in [-0.1, -0.05) is 12.1 Å². The van der Waals surface area contributed by atoms with Gasteiger partial charge in [-0.3, -0.25) is 9.59 Å². The Hall–Kier alpha value is -3.34. The first kappa shape index (κ1) is 30.6. The molecule has 224 valence electrons. The summed E-state index contributed by atoms with van der Waals surface area (Å²) in [6.07, 6.45) is 0.705. The number of piperidine rings is 2. The Balaban J connectivity index is 1.31. The van der Waals surface area contributed by atoms with E-state index >= 15 is 0 Å². The van der Waals surface area contributed by atoms with Gasteiger partial charge in [-0.15, -0.1) is 0 Å². The topological polar surface area (TPSA) is 86.2 Å². The van der Waals surface area contributed by atoms with Gasteiger partial charge >= 0.3 is 6.18 Å². The zero-order valence-corrected chi connectivity index (χ0v) is 24.1. The van der Waals surface area contributed by atoms with Crippen LogP contribution in [0, 0.1) is 18.8 Å². The second kappa shape index (κ2) is 12.3. The Kier molecular flexibility index (Phi) is 9.16. The van der Waals surface area contributed by atoms with Crippen LogP contribution in [0.1, 0.15) is 53.7 Å². The predicted octanol–water partition coefficient (Wildman–Crippen LogP) is 4.40. The second-order valence-corrected chi connectivity index (χ2v) is 11.4. The predicted molar refractivity (Wildman–Crippen MR) is 149 cm³/mol. The van der Waals surface area contributed by atoms with Crippen LogP contribution < -0.4 is 9.64 Å². The highest BCUT2D eigenvalue weighted by molar-refractivity contribution is 5.93. The highest BCUT2D eigenvalue weighted by atomic mass is 19.4. The van der Waals surface area contributed by atoms with E-state index in [1.807, 2.05) is 13.0 Å². The van der Waals surface area contributed by atoms with Gasteiger partial charge in [0.15, 0.2) is 0 Å². The van der Waals surface area contributed by atoms with Gasteiger partial charge in [0.05, 0.1) is 19.0 Å². The van der Waals surface area contributed by atoms with Gasteiger partial charge in [-0.05, 0) is 74.6 Å². The van der Waals surface area contributed by atoms with Crippen molar-refractivity contribution in [2.24, 2.45) is 11.8 Å². The van der Waals surface area contributed by atoms with Crippen molar-refractivity contribution in [3.63, 3.8) is 0 Å². The number of benzene rings is 1. The molecule has 0 saturated carbocycles. The van der Waals surface area contributed by atoms with E-state index in [1.54, 1.807) is 20.3 Å². The Labute approximate surface area is 239 Å². The van der Waals surface area contributed by atoms with Crippen molar-refractivity contribution in [1.29, 1.82) is 0 Å². The summed E-state index contributed by atoms with van der Waals surface area (Å²) >= 11 is 0. The number of halogens is 3. The molecule has 0 aliphatic carbocycles. The minimum atomic E-state index is -5.18. The Morgan fingerprint density at radius 1 is 1.05 bits per heavy atom. The first-order valence-electron chi connectivity index (χ1n) is 14.0. The zero-order chi connectivity index (χ0) is 29.9. The highest BCUT2D eigenvalue weighted by Crippen LogP contribution is 2.42. The average molecular weight is 577 g/mol. The van der Waals surface area contributed by atoms with Crippen LogP contribution in [0.3, 0.4) is 0 Å². The summed E-state index contributed by atoms with van der Waals surface area (Å²) in [6.45, 7) is 3.97. The van der Waals surface area contributed by atoms with Gasteiger partial charge in [-0.25, -0.2) is 4.98 Å². The zero-order valence-electron chi connectivity index (χ0n) is 24.1. The van der Waals surface area contributed by atoms with Gasteiger partial charge in [0.25, 0.3) is 17.4 Å². The minimum absolute atomic E-state index is 0.121. The number of hydrogen-bond acceptors (Lipinski definition) is 6. The number of methoxy groups -OCH3 is 1.